The molecule has 138 valence electrons. The number of rotatable bonds is 6. The number of nitro groups is 1. The van der Waals surface area contributed by atoms with Gasteiger partial charge in [0.1, 0.15) is 38.4 Å². The van der Waals surface area contributed by atoms with Crippen molar-refractivity contribution in [2.75, 3.05) is 31.5 Å². The third-order valence-electron chi connectivity index (χ3n) is 4.97. The minimum atomic E-state index is -0.472. The van der Waals surface area contributed by atoms with E-state index in [-0.39, 0.29) is 23.3 Å². The van der Waals surface area contributed by atoms with Crippen molar-refractivity contribution in [3.63, 3.8) is 0 Å². The number of amides is 1. The van der Waals surface area contributed by atoms with E-state index >= 15 is 0 Å². The molecule has 1 aromatic carbocycles. The highest BCUT2D eigenvalue weighted by molar-refractivity contribution is 7.09. The summed E-state index contributed by atoms with van der Waals surface area (Å²) in [6.07, 6.45) is 0. The topological polar surface area (TPSA) is 81.1 Å². The molecule has 7 nitrogen and oxygen atoms in total. The number of nitrogens with zero attached hydrogens (tertiary/aromatic N) is 1. The van der Waals surface area contributed by atoms with E-state index in [1.165, 1.54) is 15.8 Å². The zero-order chi connectivity index (χ0) is 18.5. The van der Waals surface area contributed by atoms with Gasteiger partial charge in [-0.25, -0.2) is 0 Å². The van der Waals surface area contributed by atoms with Crippen LogP contribution >= 0.6 is 11.3 Å². The molecule has 3 N–H and O–H groups in total. The van der Waals surface area contributed by atoms with Gasteiger partial charge < -0.3 is 15.1 Å². The first kappa shape index (κ1) is 18.5. The average molecular weight is 376 g/mol. The van der Waals surface area contributed by atoms with Crippen molar-refractivity contribution >= 4 is 28.6 Å². The minimum absolute atomic E-state index is 0.0757. The Balaban J connectivity index is 1.54. The highest BCUT2D eigenvalue weighted by Gasteiger charge is 2.31. The second-order valence-corrected chi connectivity index (χ2v) is 7.68. The highest BCUT2D eigenvalue weighted by atomic mass is 32.1. The normalized spacial score (nSPS) is 21.1. The lowest BCUT2D eigenvalue weighted by atomic mass is 10.2. The summed E-state index contributed by atoms with van der Waals surface area (Å²) in [5.41, 5.74) is 0.184. The van der Waals surface area contributed by atoms with Crippen LogP contribution < -0.4 is 15.1 Å². The summed E-state index contributed by atoms with van der Waals surface area (Å²) in [6, 6.07) is 10.3. The summed E-state index contributed by atoms with van der Waals surface area (Å²) in [4.78, 5) is 27.4. The molecule has 1 aliphatic heterocycles. The summed E-state index contributed by atoms with van der Waals surface area (Å²) in [6.45, 7) is 6.83. The van der Waals surface area contributed by atoms with Gasteiger partial charge in [-0.3, -0.25) is 14.9 Å². The van der Waals surface area contributed by atoms with Crippen LogP contribution in [-0.4, -0.2) is 43.1 Å². The Kier molecular flexibility index (Phi) is 5.97. The molecule has 0 bridgehead atoms. The molecular formula is C18H24N4O3S+2. The SMILES string of the molecule is C[C@@H](C(=O)Nc1ccccc1[N+](=O)[O-])[NH+]1CC[NH+](Cc2cccs2)CC1. The maximum Gasteiger partial charge on any atom is 0.292 e. The number of piperazine rings is 1. The Morgan fingerprint density at radius 3 is 2.62 bits per heavy atom. The van der Waals surface area contributed by atoms with Crippen LogP contribution in [0.15, 0.2) is 41.8 Å². The van der Waals surface area contributed by atoms with Crippen LogP contribution in [0, 0.1) is 10.1 Å². The van der Waals surface area contributed by atoms with E-state index < -0.39 is 4.92 Å². The molecule has 1 fully saturated rings. The zero-order valence-corrected chi connectivity index (χ0v) is 15.6. The van der Waals surface area contributed by atoms with E-state index in [4.69, 9.17) is 0 Å². The van der Waals surface area contributed by atoms with Gasteiger partial charge in [0.15, 0.2) is 6.04 Å². The number of carbonyl (C=O) groups is 1. The van der Waals surface area contributed by atoms with Crippen molar-refractivity contribution in [3.8, 4) is 0 Å². The van der Waals surface area contributed by atoms with Crippen LogP contribution in [0.1, 0.15) is 11.8 Å². The highest BCUT2D eigenvalue weighted by Crippen LogP contribution is 2.23. The number of para-hydroxylation sites is 2. The Hall–Kier alpha value is -2.29. The predicted octanol–water partition coefficient (Wildman–Crippen LogP) is -0.0331. The number of benzene rings is 1. The summed E-state index contributed by atoms with van der Waals surface area (Å²) in [7, 11) is 0. The number of hydrogen-bond donors (Lipinski definition) is 3. The van der Waals surface area contributed by atoms with Gasteiger partial charge >= 0.3 is 0 Å². The second-order valence-electron chi connectivity index (χ2n) is 6.65. The van der Waals surface area contributed by atoms with Gasteiger partial charge in [0, 0.05) is 6.07 Å². The molecule has 0 saturated carbocycles. The van der Waals surface area contributed by atoms with Crippen LogP contribution in [0.25, 0.3) is 0 Å². The lowest BCUT2D eigenvalue weighted by Gasteiger charge is -2.32. The molecule has 1 aliphatic rings. The largest absolute Gasteiger partial charge is 0.321 e. The monoisotopic (exact) mass is 376 g/mol. The van der Waals surface area contributed by atoms with E-state index in [9.17, 15) is 14.9 Å². The van der Waals surface area contributed by atoms with Crippen LogP contribution in [-0.2, 0) is 11.3 Å². The van der Waals surface area contributed by atoms with Crippen molar-refractivity contribution in [3.05, 3.63) is 56.8 Å². The van der Waals surface area contributed by atoms with Gasteiger partial charge in [0.25, 0.3) is 11.6 Å². The fourth-order valence-electron chi connectivity index (χ4n) is 3.36. The first-order valence-corrected chi connectivity index (χ1v) is 9.67. The van der Waals surface area contributed by atoms with Crippen molar-refractivity contribution in [2.24, 2.45) is 0 Å². The Morgan fingerprint density at radius 2 is 1.96 bits per heavy atom. The van der Waals surface area contributed by atoms with Gasteiger partial charge in [-0.05, 0) is 24.4 Å². The Morgan fingerprint density at radius 1 is 1.23 bits per heavy atom. The van der Waals surface area contributed by atoms with E-state index in [2.05, 4.69) is 22.8 Å². The molecule has 8 heteroatoms. The third kappa shape index (κ3) is 4.46. The summed E-state index contributed by atoms with van der Waals surface area (Å²) in [5, 5.41) is 15.9. The molecule has 0 unspecified atom stereocenters. The minimum Gasteiger partial charge on any atom is -0.321 e. The number of quaternary nitrogens is 2. The molecular weight excluding hydrogens is 352 g/mol. The number of carbonyl (C=O) groups excluding carboxylic acids is 1. The number of nitrogens with one attached hydrogen (secondary N) is 3. The predicted molar refractivity (Wildman–Crippen MR) is 101 cm³/mol. The van der Waals surface area contributed by atoms with Crippen LogP contribution in [0.2, 0.25) is 0 Å². The number of nitro benzene ring substituents is 1. The maximum atomic E-state index is 12.6. The molecule has 1 atom stereocenters. The van der Waals surface area contributed by atoms with Gasteiger partial charge in [0.2, 0.25) is 0 Å². The molecule has 2 aromatic rings. The molecule has 2 heterocycles. The third-order valence-corrected chi connectivity index (χ3v) is 5.84. The van der Waals surface area contributed by atoms with Gasteiger partial charge in [0.05, 0.1) is 9.80 Å². The van der Waals surface area contributed by atoms with E-state index in [0.717, 1.165) is 32.7 Å². The zero-order valence-electron chi connectivity index (χ0n) is 14.7. The van der Waals surface area contributed by atoms with Gasteiger partial charge in [-0.2, -0.15) is 0 Å². The fourth-order valence-corrected chi connectivity index (χ4v) is 4.14. The van der Waals surface area contributed by atoms with Crippen molar-refractivity contribution in [1.29, 1.82) is 0 Å². The molecule has 0 aliphatic carbocycles. The maximum absolute atomic E-state index is 12.6. The van der Waals surface area contributed by atoms with Crippen LogP contribution in [0.3, 0.4) is 0 Å². The summed E-state index contributed by atoms with van der Waals surface area (Å²) in [5.74, 6) is -0.170. The summed E-state index contributed by atoms with van der Waals surface area (Å²) >= 11 is 1.79. The number of hydrogen-bond acceptors (Lipinski definition) is 4. The van der Waals surface area contributed by atoms with Crippen molar-refractivity contribution in [1.82, 2.24) is 0 Å². The van der Waals surface area contributed by atoms with E-state index in [1.54, 1.807) is 34.4 Å². The standard InChI is InChI=1S/C18H22N4O3S/c1-14(18(23)19-16-6-2-3-7-17(16)22(24)25)21-10-8-20(9-11-21)13-15-5-4-12-26-15/h2-7,12,14H,8-11,13H2,1H3,(H,19,23)/p+2/t14-/m0/s1. The first-order valence-electron chi connectivity index (χ1n) is 8.79. The quantitative estimate of drug-likeness (QED) is 0.489. The van der Waals surface area contributed by atoms with E-state index in [0.29, 0.717) is 0 Å². The van der Waals surface area contributed by atoms with Crippen molar-refractivity contribution in [2.45, 2.75) is 19.5 Å². The molecule has 26 heavy (non-hydrogen) atoms. The van der Waals surface area contributed by atoms with Gasteiger partial charge in [-0.15, -0.1) is 11.3 Å². The first-order chi connectivity index (χ1) is 12.5. The number of anilines is 1. The van der Waals surface area contributed by atoms with E-state index in [1.807, 2.05) is 6.92 Å². The van der Waals surface area contributed by atoms with Gasteiger partial charge in [-0.1, -0.05) is 18.2 Å². The lowest BCUT2D eigenvalue weighted by molar-refractivity contribution is -1.02. The lowest BCUT2D eigenvalue weighted by Crippen LogP contribution is -3.29. The van der Waals surface area contributed by atoms with Crippen LogP contribution in [0.4, 0.5) is 11.4 Å². The van der Waals surface area contributed by atoms with Crippen molar-refractivity contribution < 1.29 is 19.5 Å². The molecule has 3 rings (SSSR count). The molecule has 1 amide bonds. The Bertz CT molecular complexity index is 758. The smallest absolute Gasteiger partial charge is 0.292 e. The average Bonchev–Trinajstić information content (AvgIpc) is 3.15. The molecule has 1 saturated heterocycles. The molecule has 1 aromatic heterocycles. The van der Waals surface area contributed by atoms with Crippen LogP contribution in [0.5, 0.6) is 0 Å². The molecule has 0 spiro atoms. The number of thiophene rings is 1. The fraction of sp³-hybridized carbons (Fsp3) is 0.389. The second kappa shape index (κ2) is 8.39. The Labute approximate surface area is 156 Å². The summed E-state index contributed by atoms with van der Waals surface area (Å²) < 4.78 is 0. The molecule has 0 radical (unpaired) electrons.